The highest BCUT2D eigenvalue weighted by atomic mass is 79.9. The standard InChI is InChI=1S/C13H17BrN2O/c14-10-4-6-12(7-5-10)16-13(17)9-2-1-3-11(15)8-9/h4-7,9,11H,1-3,8,15H2,(H,16,17). The Morgan fingerprint density at radius 2 is 2.00 bits per heavy atom. The number of hydrogen-bond donors (Lipinski definition) is 2. The molecule has 3 nitrogen and oxygen atoms in total. The van der Waals surface area contributed by atoms with Crippen molar-refractivity contribution in [3.05, 3.63) is 28.7 Å². The van der Waals surface area contributed by atoms with Gasteiger partial charge in [-0.15, -0.1) is 0 Å². The topological polar surface area (TPSA) is 55.1 Å². The van der Waals surface area contributed by atoms with E-state index in [2.05, 4.69) is 21.2 Å². The maximum absolute atomic E-state index is 12.0. The molecule has 2 atom stereocenters. The summed E-state index contributed by atoms with van der Waals surface area (Å²) in [6, 6.07) is 7.81. The number of rotatable bonds is 2. The van der Waals surface area contributed by atoms with Crippen LogP contribution in [0.1, 0.15) is 25.7 Å². The largest absolute Gasteiger partial charge is 0.328 e. The van der Waals surface area contributed by atoms with Crippen molar-refractivity contribution in [2.24, 2.45) is 11.7 Å². The van der Waals surface area contributed by atoms with Gasteiger partial charge in [0.05, 0.1) is 0 Å². The number of carbonyl (C=O) groups is 1. The third-order valence-corrected chi connectivity index (χ3v) is 3.73. The number of halogens is 1. The first-order valence-electron chi connectivity index (χ1n) is 5.97. The van der Waals surface area contributed by atoms with Gasteiger partial charge in [0.2, 0.25) is 5.91 Å². The highest BCUT2D eigenvalue weighted by molar-refractivity contribution is 9.10. The minimum atomic E-state index is 0.0717. The summed E-state index contributed by atoms with van der Waals surface area (Å²) >= 11 is 3.37. The maximum atomic E-state index is 12.0. The first kappa shape index (κ1) is 12.6. The summed E-state index contributed by atoms with van der Waals surface area (Å²) in [5.41, 5.74) is 6.73. The van der Waals surface area contributed by atoms with E-state index in [4.69, 9.17) is 5.73 Å². The van der Waals surface area contributed by atoms with E-state index in [0.717, 1.165) is 35.8 Å². The average molecular weight is 297 g/mol. The number of nitrogens with two attached hydrogens (primary N) is 1. The molecule has 1 aromatic carbocycles. The van der Waals surface area contributed by atoms with Crippen molar-refractivity contribution in [3.63, 3.8) is 0 Å². The molecule has 1 aromatic rings. The molecule has 3 N–H and O–H groups in total. The zero-order chi connectivity index (χ0) is 12.3. The second kappa shape index (κ2) is 5.65. The molecular weight excluding hydrogens is 280 g/mol. The summed E-state index contributed by atoms with van der Waals surface area (Å²) in [6.07, 6.45) is 3.86. The molecule has 1 amide bonds. The molecule has 0 spiro atoms. The highest BCUT2D eigenvalue weighted by Crippen LogP contribution is 2.24. The first-order chi connectivity index (χ1) is 8.15. The lowest BCUT2D eigenvalue weighted by molar-refractivity contribution is -0.120. The Morgan fingerprint density at radius 1 is 1.29 bits per heavy atom. The number of benzene rings is 1. The molecule has 1 aliphatic rings. The van der Waals surface area contributed by atoms with Gasteiger partial charge in [0.25, 0.3) is 0 Å². The van der Waals surface area contributed by atoms with E-state index in [1.54, 1.807) is 0 Å². The second-order valence-electron chi connectivity index (χ2n) is 4.62. The quantitative estimate of drug-likeness (QED) is 0.882. The van der Waals surface area contributed by atoms with Crippen LogP contribution in [0.5, 0.6) is 0 Å². The lowest BCUT2D eigenvalue weighted by atomic mass is 9.85. The Morgan fingerprint density at radius 3 is 2.65 bits per heavy atom. The number of hydrogen-bond acceptors (Lipinski definition) is 2. The molecule has 17 heavy (non-hydrogen) atoms. The molecule has 2 rings (SSSR count). The fourth-order valence-corrected chi connectivity index (χ4v) is 2.51. The van der Waals surface area contributed by atoms with E-state index < -0.39 is 0 Å². The molecule has 0 heterocycles. The Balaban J connectivity index is 1.94. The van der Waals surface area contributed by atoms with Crippen LogP contribution in [0.4, 0.5) is 5.69 Å². The molecule has 0 radical (unpaired) electrons. The van der Waals surface area contributed by atoms with Gasteiger partial charge in [-0.1, -0.05) is 22.4 Å². The number of amides is 1. The van der Waals surface area contributed by atoms with Gasteiger partial charge in [-0.25, -0.2) is 0 Å². The summed E-state index contributed by atoms with van der Waals surface area (Å²) < 4.78 is 1.01. The SMILES string of the molecule is NC1CCCC(C(=O)Nc2ccc(Br)cc2)C1. The summed E-state index contributed by atoms with van der Waals surface area (Å²) in [5.74, 6) is 0.171. The third-order valence-electron chi connectivity index (χ3n) is 3.20. The van der Waals surface area contributed by atoms with Crippen LogP contribution in [0.25, 0.3) is 0 Å². The third kappa shape index (κ3) is 3.54. The van der Waals surface area contributed by atoms with E-state index in [9.17, 15) is 4.79 Å². The van der Waals surface area contributed by atoms with Crippen molar-refractivity contribution in [1.82, 2.24) is 0 Å². The van der Waals surface area contributed by atoms with Crippen molar-refractivity contribution in [1.29, 1.82) is 0 Å². The molecule has 1 aliphatic carbocycles. The Labute approximate surface area is 110 Å². The summed E-state index contributed by atoms with van der Waals surface area (Å²) in [7, 11) is 0. The highest BCUT2D eigenvalue weighted by Gasteiger charge is 2.25. The molecule has 0 aliphatic heterocycles. The lowest BCUT2D eigenvalue weighted by Gasteiger charge is -2.25. The predicted molar refractivity (Wildman–Crippen MR) is 72.7 cm³/mol. The molecule has 0 saturated heterocycles. The van der Waals surface area contributed by atoms with Gasteiger partial charge < -0.3 is 11.1 Å². The van der Waals surface area contributed by atoms with Crippen LogP contribution in [0.3, 0.4) is 0 Å². The van der Waals surface area contributed by atoms with Crippen molar-refractivity contribution >= 4 is 27.5 Å². The van der Waals surface area contributed by atoms with Gasteiger partial charge >= 0.3 is 0 Å². The monoisotopic (exact) mass is 296 g/mol. The molecule has 1 saturated carbocycles. The van der Waals surface area contributed by atoms with Crippen molar-refractivity contribution < 1.29 is 4.79 Å². The fourth-order valence-electron chi connectivity index (χ4n) is 2.24. The van der Waals surface area contributed by atoms with Gasteiger partial charge in [0.1, 0.15) is 0 Å². The van der Waals surface area contributed by atoms with Crippen LogP contribution < -0.4 is 11.1 Å². The van der Waals surface area contributed by atoms with Crippen molar-refractivity contribution in [2.75, 3.05) is 5.32 Å². The first-order valence-corrected chi connectivity index (χ1v) is 6.76. The zero-order valence-electron chi connectivity index (χ0n) is 9.66. The van der Waals surface area contributed by atoms with Crippen LogP contribution in [0.2, 0.25) is 0 Å². The lowest BCUT2D eigenvalue weighted by Crippen LogP contribution is -2.34. The molecule has 1 fully saturated rings. The summed E-state index contributed by atoms with van der Waals surface area (Å²) in [4.78, 5) is 12.0. The molecule has 92 valence electrons. The Hall–Kier alpha value is -0.870. The molecule has 2 unspecified atom stereocenters. The molecule has 4 heteroatoms. The number of carbonyl (C=O) groups excluding carboxylic acids is 1. The van der Waals surface area contributed by atoms with Gasteiger partial charge in [-0.2, -0.15) is 0 Å². The van der Waals surface area contributed by atoms with Gasteiger partial charge in [-0.05, 0) is 43.5 Å². The fraction of sp³-hybridized carbons (Fsp3) is 0.462. The minimum Gasteiger partial charge on any atom is -0.328 e. The van der Waals surface area contributed by atoms with Gasteiger partial charge in [0, 0.05) is 22.1 Å². The van der Waals surface area contributed by atoms with Crippen LogP contribution in [-0.4, -0.2) is 11.9 Å². The van der Waals surface area contributed by atoms with E-state index >= 15 is 0 Å². The molecular formula is C13H17BrN2O. The zero-order valence-corrected chi connectivity index (χ0v) is 11.2. The van der Waals surface area contributed by atoms with Crippen molar-refractivity contribution in [3.8, 4) is 0 Å². The second-order valence-corrected chi connectivity index (χ2v) is 5.54. The number of nitrogens with one attached hydrogen (secondary N) is 1. The maximum Gasteiger partial charge on any atom is 0.227 e. The van der Waals surface area contributed by atoms with E-state index in [1.807, 2.05) is 24.3 Å². The van der Waals surface area contributed by atoms with Crippen LogP contribution in [0, 0.1) is 5.92 Å². The molecule has 0 aromatic heterocycles. The van der Waals surface area contributed by atoms with Crippen LogP contribution in [-0.2, 0) is 4.79 Å². The van der Waals surface area contributed by atoms with E-state index in [0.29, 0.717) is 0 Å². The van der Waals surface area contributed by atoms with Gasteiger partial charge in [0.15, 0.2) is 0 Å². The van der Waals surface area contributed by atoms with Crippen LogP contribution in [0.15, 0.2) is 28.7 Å². The normalized spacial score (nSPS) is 24.4. The molecule has 0 bridgehead atoms. The van der Waals surface area contributed by atoms with E-state index in [1.165, 1.54) is 0 Å². The average Bonchev–Trinajstić information content (AvgIpc) is 2.32. The minimum absolute atomic E-state index is 0.0717. The summed E-state index contributed by atoms with van der Waals surface area (Å²) in [6.45, 7) is 0. The van der Waals surface area contributed by atoms with Crippen molar-refractivity contribution in [2.45, 2.75) is 31.7 Å². The smallest absolute Gasteiger partial charge is 0.227 e. The van der Waals surface area contributed by atoms with E-state index in [-0.39, 0.29) is 17.9 Å². The van der Waals surface area contributed by atoms with Crippen LogP contribution >= 0.6 is 15.9 Å². The summed E-state index contributed by atoms with van der Waals surface area (Å²) in [5, 5.41) is 2.94. The Bertz CT molecular complexity index is 391. The predicted octanol–water partition coefficient (Wildman–Crippen LogP) is 2.91. The Kier molecular flexibility index (Phi) is 4.18. The number of anilines is 1. The van der Waals surface area contributed by atoms with Gasteiger partial charge in [-0.3, -0.25) is 4.79 Å².